The zero-order chi connectivity index (χ0) is 20.5. The van der Waals surface area contributed by atoms with Gasteiger partial charge in [-0.15, -0.1) is 0 Å². The van der Waals surface area contributed by atoms with E-state index in [0.717, 1.165) is 5.56 Å². The molecule has 0 fully saturated rings. The van der Waals surface area contributed by atoms with Crippen LogP contribution in [-0.2, 0) is 11.2 Å². The van der Waals surface area contributed by atoms with E-state index in [1.165, 1.54) is 18.6 Å². The smallest absolute Gasteiger partial charge is 0.353 e. The number of aromatic nitrogens is 2. The summed E-state index contributed by atoms with van der Waals surface area (Å²) in [4.78, 5) is 32.8. The summed E-state index contributed by atoms with van der Waals surface area (Å²) in [6, 6.07) is 8.00. The lowest BCUT2D eigenvalue weighted by atomic mass is 9.79. The molecule has 2 amide bonds. The van der Waals surface area contributed by atoms with Crippen molar-refractivity contribution in [3.8, 4) is 0 Å². The molecule has 0 bridgehead atoms. The summed E-state index contributed by atoms with van der Waals surface area (Å²) >= 11 is 0. The van der Waals surface area contributed by atoms with Gasteiger partial charge in [-0.25, -0.2) is 4.98 Å². The van der Waals surface area contributed by atoms with Crippen LogP contribution in [0.25, 0.3) is 0 Å². The van der Waals surface area contributed by atoms with Crippen LogP contribution in [0.4, 0.5) is 8.63 Å². The first-order valence-corrected chi connectivity index (χ1v) is 9.06. The summed E-state index contributed by atoms with van der Waals surface area (Å²) in [5, 5.41) is 4.97. The minimum Gasteiger partial charge on any atom is -0.353 e. The Labute approximate surface area is 163 Å². The molecule has 148 valence electrons. The number of nitrogens with zero attached hydrogens (tertiary/aromatic N) is 2. The lowest BCUT2D eigenvalue weighted by molar-refractivity contribution is -0.123. The number of carbonyl (C=O) groups excluding carboxylic acids is 2. The number of amides is 2. The van der Waals surface area contributed by atoms with Crippen LogP contribution >= 0.6 is 0 Å². The maximum Gasteiger partial charge on any atom is 0.559 e. The van der Waals surface area contributed by atoms with E-state index in [4.69, 9.17) is 0 Å². The highest BCUT2D eigenvalue weighted by atomic mass is 19.2. The van der Waals surface area contributed by atoms with Crippen molar-refractivity contribution in [2.75, 3.05) is 0 Å². The fourth-order valence-corrected chi connectivity index (χ4v) is 2.72. The van der Waals surface area contributed by atoms with Crippen molar-refractivity contribution in [1.82, 2.24) is 20.6 Å². The molecule has 0 saturated heterocycles. The van der Waals surface area contributed by atoms with Gasteiger partial charge in [-0.05, 0) is 17.9 Å². The summed E-state index contributed by atoms with van der Waals surface area (Å²) in [6.45, 7) is 3.61. The number of carbonyl (C=O) groups is 2. The Morgan fingerprint density at radius 3 is 2.39 bits per heavy atom. The minimum absolute atomic E-state index is 0.0129. The van der Waals surface area contributed by atoms with Crippen LogP contribution in [0.15, 0.2) is 48.9 Å². The SMILES string of the molecule is CC(C)C[C@H](NC(=O)[C@H](Cc1ccccc1)NC(=O)c1cnccn1)B(F)F. The van der Waals surface area contributed by atoms with Gasteiger partial charge in [0.15, 0.2) is 0 Å². The normalized spacial score (nSPS) is 12.9. The van der Waals surface area contributed by atoms with Crippen LogP contribution in [0.2, 0.25) is 0 Å². The molecule has 0 unspecified atom stereocenters. The van der Waals surface area contributed by atoms with Gasteiger partial charge in [0.1, 0.15) is 11.7 Å². The van der Waals surface area contributed by atoms with Gasteiger partial charge in [-0.1, -0.05) is 44.2 Å². The van der Waals surface area contributed by atoms with Crippen molar-refractivity contribution in [3.63, 3.8) is 0 Å². The maximum atomic E-state index is 13.3. The molecule has 2 atom stereocenters. The standard InChI is InChI=1S/C19H23BF2N4O2/c1-13(2)10-17(20(21)22)26-18(27)15(11-14-6-4-3-5-7-14)25-19(28)16-12-23-8-9-24-16/h3-9,12-13,15,17H,10-11H2,1-2H3,(H,25,28)(H,26,27)/t15-,17-/m0/s1. The van der Waals surface area contributed by atoms with E-state index in [2.05, 4.69) is 20.6 Å². The van der Waals surface area contributed by atoms with E-state index < -0.39 is 31.1 Å². The molecular formula is C19H23BF2N4O2. The number of hydrogen-bond donors (Lipinski definition) is 2. The summed E-state index contributed by atoms with van der Waals surface area (Å²) in [5.74, 6) is -2.55. The van der Waals surface area contributed by atoms with Crippen LogP contribution in [0.3, 0.4) is 0 Å². The number of halogens is 2. The molecule has 2 aromatic rings. The highest BCUT2D eigenvalue weighted by Crippen LogP contribution is 2.11. The Kier molecular flexibility index (Phi) is 8.04. The molecule has 28 heavy (non-hydrogen) atoms. The lowest BCUT2D eigenvalue weighted by Gasteiger charge is -2.23. The Morgan fingerprint density at radius 2 is 1.82 bits per heavy atom. The van der Waals surface area contributed by atoms with E-state index in [0.29, 0.717) is 0 Å². The largest absolute Gasteiger partial charge is 0.559 e. The second kappa shape index (κ2) is 10.5. The highest BCUT2D eigenvalue weighted by Gasteiger charge is 2.32. The van der Waals surface area contributed by atoms with Gasteiger partial charge < -0.3 is 10.6 Å². The molecule has 2 rings (SSSR count). The predicted molar refractivity (Wildman–Crippen MR) is 103 cm³/mol. The molecule has 0 aliphatic rings. The molecule has 1 aromatic heterocycles. The third-order valence-corrected chi connectivity index (χ3v) is 4.06. The van der Waals surface area contributed by atoms with Gasteiger partial charge in [0.2, 0.25) is 5.91 Å². The fourth-order valence-electron chi connectivity index (χ4n) is 2.72. The van der Waals surface area contributed by atoms with Gasteiger partial charge in [0.05, 0.1) is 12.1 Å². The van der Waals surface area contributed by atoms with Crippen LogP contribution in [0, 0.1) is 5.92 Å². The zero-order valence-corrected chi connectivity index (χ0v) is 15.8. The predicted octanol–water partition coefficient (Wildman–Crippen LogP) is 2.31. The summed E-state index contributed by atoms with van der Waals surface area (Å²) in [5.41, 5.74) is 0.834. The van der Waals surface area contributed by atoms with Crippen molar-refractivity contribution in [1.29, 1.82) is 0 Å². The molecular weight excluding hydrogens is 365 g/mol. The van der Waals surface area contributed by atoms with E-state index in [1.54, 1.807) is 38.1 Å². The quantitative estimate of drug-likeness (QED) is 0.646. The van der Waals surface area contributed by atoms with E-state index in [-0.39, 0.29) is 24.5 Å². The Hall–Kier alpha value is -2.84. The molecule has 0 aliphatic carbocycles. The second-order valence-corrected chi connectivity index (χ2v) is 6.89. The van der Waals surface area contributed by atoms with Gasteiger partial charge in [-0.3, -0.25) is 23.2 Å². The third-order valence-electron chi connectivity index (χ3n) is 4.06. The first-order valence-electron chi connectivity index (χ1n) is 9.06. The van der Waals surface area contributed by atoms with Crippen molar-refractivity contribution >= 4 is 19.1 Å². The number of nitrogens with one attached hydrogen (secondary N) is 2. The number of hydrogen-bond acceptors (Lipinski definition) is 4. The maximum absolute atomic E-state index is 13.3. The van der Waals surface area contributed by atoms with Crippen LogP contribution in [0.5, 0.6) is 0 Å². The zero-order valence-electron chi connectivity index (χ0n) is 15.8. The van der Waals surface area contributed by atoms with Crippen molar-refractivity contribution in [3.05, 3.63) is 60.2 Å². The highest BCUT2D eigenvalue weighted by molar-refractivity contribution is 6.45. The molecule has 0 spiro atoms. The van der Waals surface area contributed by atoms with Crippen LogP contribution in [0.1, 0.15) is 36.3 Å². The third kappa shape index (κ3) is 6.72. The molecule has 2 N–H and O–H groups in total. The van der Waals surface area contributed by atoms with Gasteiger partial charge in [-0.2, -0.15) is 0 Å². The molecule has 0 radical (unpaired) electrons. The topological polar surface area (TPSA) is 84.0 Å². The Morgan fingerprint density at radius 1 is 1.11 bits per heavy atom. The lowest BCUT2D eigenvalue weighted by Crippen LogP contribution is -2.53. The molecule has 0 aliphatic heterocycles. The molecule has 6 nitrogen and oxygen atoms in total. The van der Waals surface area contributed by atoms with Gasteiger partial charge in [0, 0.05) is 18.8 Å². The van der Waals surface area contributed by atoms with Gasteiger partial charge in [0.25, 0.3) is 5.91 Å². The van der Waals surface area contributed by atoms with Crippen molar-refractivity contribution in [2.24, 2.45) is 5.92 Å². The first kappa shape index (κ1) is 21.5. The van der Waals surface area contributed by atoms with E-state index in [1.807, 2.05) is 6.07 Å². The summed E-state index contributed by atoms with van der Waals surface area (Å²) in [7, 11) is -2.69. The van der Waals surface area contributed by atoms with Crippen LogP contribution in [-0.4, -0.2) is 41.0 Å². The monoisotopic (exact) mass is 388 g/mol. The van der Waals surface area contributed by atoms with Gasteiger partial charge >= 0.3 is 7.27 Å². The first-order chi connectivity index (χ1) is 13.4. The Balaban J connectivity index is 2.16. The second-order valence-electron chi connectivity index (χ2n) is 6.89. The fraction of sp³-hybridized carbons (Fsp3) is 0.368. The molecule has 9 heteroatoms. The number of rotatable bonds is 9. The molecule has 0 saturated carbocycles. The summed E-state index contributed by atoms with van der Waals surface area (Å²) in [6.07, 6.45) is 4.35. The van der Waals surface area contributed by atoms with Crippen molar-refractivity contribution < 1.29 is 18.2 Å². The average Bonchev–Trinajstić information content (AvgIpc) is 2.68. The van der Waals surface area contributed by atoms with Crippen LogP contribution < -0.4 is 10.6 Å². The molecule has 1 aromatic carbocycles. The van der Waals surface area contributed by atoms with E-state index in [9.17, 15) is 18.2 Å². The van der Waals surface area contributed by atoms with E-state index >= 15 is 0 Å². The molecule has 1 heterocycles. The Bertz CT molecular complexity index is 763. The van der Waals surface area contributed by atoms with Crippen molar-refractivity contribution in [2.45, 2.75) is 38.7 Å². The average molecular weight is 388 g/mol. The minimum atomic E-state index is -2.69. The number of benzene rings is 1. The summed E-state index contributed by atoms with van der Waals surface area (Å²) < 4.78 is 26.6.